The molecule has 5 nitrogen and oxygen atoms in total. The van der Waals surface area contributed by atoms with Gasteiger partial charge in [-0.2, -0.15) is 0 Å². The Morgan fingerprint density at radius 1 is 1.32 bits per heavy atom. The van der Waals surface area contributed by atoms with E-state index >= 15 is 0 Å². The zero-order valence-corrected chi connectivity index (χ0v) is 12.9. The zero-order chi connectivity index (χ0) is 14.1. The van der Waals surface area contributed by atoms with Crippen molar-refractivity contribution >= 4 is 40.2 Å². The Bertz CT molecular complexity index is 438. The molecule has 1 aromatic carbocycles. The molecule has 0 aliphatic carbocycles. The molecule has 0 aliphatic heterocycles. The standard InChI is InChI=1S/C13H17IN2O3/c1-2-19-13(18)7-8-15-9-12(17)16-11-6-4-3-5-10(11)14/h3-6,15H,2,7-9H2,1H3,(H,16,17). The predicted molar refractivity (Wildman–Crippen MR) is 81.9 cm³/mol. The largest absolute Gasteiger partial charge is 0.466 e. The molecule has 0 aliphatic rings. The first-order valence-electron chi connectivity index (χ1n) is 6.04. The van der Waals surface area contributed by atoms with E-state index in [9.17, 15) is 9.59 Å². The lowest BCUT2D eigenvalue weighted by molar-refractivity contribution is -0.143. The van der Waals surface area contributed by atoms with Crippen LogP contribution in [0.3, 0.4) is 0 Å². The number of amides is 1. The lowest BCUT2D eigenvalue weighted by Crippen LogP contribution is -2.30. The van der Waals surface area contributed by atoms with Crippen LogP contribution in [0.2, 0.25) is 0 Å². The van der Waals surface area contributed by atoms with Gasteiger partial charge in [0.25, 0.3) is 0 Å². The van der Waals surface area contributed by atoms with Crippen molar-refractivity contribution in [3.63, 3.8) is 0 Å². The third-order valence-electron chi connectivity index (χ3n) is 2.24. The van der Waals surface area contributed by atoms with E-state index in [4.69, 9.17) is 4.74 Å². The minimum absolute atomic E-state index is 0.132. The van der Waals surface area contributed by atoms with E-state index in [1.165, 1.54) is 0 Å². The number of carbonyl (C=O) groups excluding carboxylic acids is 2. The quantitative estimate of drug-likeness (QED) is 0.433. The normalized spacial score (nSPS) is 10.0. The average Bonchev–Trinajstić information content (AvgIpc) is 2.38. The first kappa shape index (κ1) is 15.9. The molecular formula is C13H17IN2O3. The predicted octanol–water partition coefficient (Wildman–Crippen LogP) is 1.77. The van der Waals surface area contributed by atoms with E-state index in [-0.39, 0.29) is 24.8 Å². The molecule has 1 amide bonds. The Balaban J connectivity index is 2.22. The van der Waals surface area contributed by atoms with Gasteiger partial charge in [-0.25, -0.2) is 0 Å². The maximum atomic E-state index is 11.6. The number of para-hydroxylation sites is 1. The van der Waals surface area contributed by atoms with Crippen molar-refractivity contribution in [2.45, 2.75) is 13.3 Å². The molecule has 0 unspecified atom stereocenters. The third kappa shape index (κ3) is 6.53. The summed E-state index contributed by atoms with van der Waals surface area (Å²) in [5.41, 5.74) is 0.792. The Morgan fingerprint density at radius 3 is 2.74 bits per heavy atom. The number of carbonyl (C=O) groups is 2. The number of rotatable bonds is 7. The van der Waals surface area contributed by atoms with E-state index in [1.807, 2.05) is 24.3 Å². The Morgan fingerprint density at radius 2 is 2.05 bits per heavy atom. The van der Waals surface area contributed by atoms with E-state index < -0.39 is 0 Å². The fourth-order valence-corrected chi connectivity index (χ4v) is 1.90. The molecule has 104 valence electrons. The van der Waals surface area contributed by atoms with Crippen LogP contribution in [-0.4, -0.2) is 31.6 Å². The van der Waals surface area contributed by atoms with Gasteiger partial charge in [0, 0.05) is 10.1 Å². The maximum absolute atomic E-state index is 11.6. The molecule has 1 rings (SSSR count). The highest BCUT2D eigenvalue weighted by Crippen LogP contribution is 2.16. The summed E-state index contributed by atoms with van der Waals surface area (Å²) < 4.78 is 5.77. The first-order chi connectivity index (χ1) is 9.13. The van der Waals surface area contributed by atoms with Crippen LogP contribution in [0.5, 0.6) is 0 Å². The topological polar surface area (TPSA) is 67.4 Å². The number of hydrogen-bond donors (Lipinski definition) is 2. The minimum atomic E-state index is -0.256. The fraction of sp³-hybridized carbons (Fsp3) is 0.385. The highest BCUT2D eigenvalue weighted by molar-refractivity contribution is 14.1. The van der Waals surface area contributed by atoms with Crippen LogP contribution in [0, 0.1) is 3.57 Å². The van der Waals surface area contributed by atoms with Crippen molar-refractivity contribution in [2.24, 2.45) is 0 Å². The molecule has 0 bridgehead atoms. The van der Waals surface area contributed by atoms with Crippen LogP contribution < -0.4 is 10.6 Å². The summed E-state index contributed by atoms with van der Waals surface area (Å²) in [5, 5.41) is 5.70. The summed E-state index contributed by atoms with van der Waals surface area (Å²) in [7, 11) is 0. The highest BCUT2D eigenvalue weighted by Gasteiger charge is 2.05. The van der Waals surface area contributed by atoms with Gasteiger partial charge in [0.2, 0.25) is 5.91 Å². The lowest BCUT2D eigenvalue weighted by Gasteiger charge is -2.08. The Kier molecular flexibility index (Phi) is 7.42. The van der Waals surface area contributed by atoms with Crippen molar-refractivity contribution in [1.29, 1.82) is 0 Å². The van der Waals surface area contributed by atoms with Gasteiger partial charge in [-0.3, -0.25) is 9.59 Å². The van der Waals surface area contributed by atoms with Gasteiger partial charge in [-0.1, -0.05) is 12.1 Å². The molecule has 0 saturated carbocycles. The Labute approximate surface area is 126 Å². The van der Waals surface area contributed by atoms with Crippen molar-refractivity contribution in [2.75, 3.05) is 25.0 Å². The minimum Gasteiger partial charge on any atom is -0.466 e. The second-order valence-corrected chi connectivity index (χ2v) is 4.92. The molecule has 0 spiro atoms. The lowest BCUT2D eigenvalue weighted by atomic mass is 10.3. The van der Waals surface area contributed by atoms with Crippen LogP contribution in [0.1, 0.15) is 13.3 Å². The Hall–Kier alpha value is -1.15. The van der Waals surface area contributed by atoms with Crippen LogP contribution in [0.4, 0.5) is 5.69 Å². The van der Waals surface area contributed by atoms with E-state index in [0.29, 0.717) is 13.2 Å². The first-order valence-corrected chi connectivity index (χ1v) is 7.12. The summed E-state index contributed by atoms with van der Waals surface area (Å²) in [5.74, 6) is -0.388. The van der Waals surface area contributed by atoms with Gasteiger partial charge in [0.05, 0.1) is 25.3 Å². The average molecular weight is 376 g/mol. The number of halogens is 1. The second kappa shape index (κ2) is 8.87. The molecule has 0 radical (unpaired) electrons. The van der Waals surface area contributed by atoms with Gasteiger partial charge in [-0.05, 0) is 41.6 Å². The summed E-state index contributed by atoms with van der Waals surface area (Å²) in [6.07, 6.45) is 0.268. The molecule has 0 heterocycles. The van der Waals surface area contributed by atoms with Crippen LogP contribution in [0.25, 0.3) is 0 Å². The molecular weight excluding hydrogens is 359 g/mol. The van der Waals surface area contributed by atoms with Gasteiger partial charge in [0.15, 0.2) is 0 Å². The number of esters is 1. The summed E-state index contributed by atoms with van der Waals surface area (Å²) in [6, 6.07) is 7.55. The van der Waals surface area contributed by atoms with Gasteiger partial charge in [0.1, 0.15) is 0 Å². The number of ether oxygens (including phenoxy) is 1. The van der Waals surface area contributed by atoms with Crippen molar-refractivity contribution in [1.82, 2.24) is 5.32 Å². The molecule has 19 heavy (non-hydrogen) atoms. The van der Waals surface area contributed by atoms with Crippen LogP contribution in [0.15, 0.2) is 24.3 Å². The van der Waals surface area contributed by atoms with E-state index in [2.05, 4.69) is 33.2 Å². The number of nitrogens with one attached hydrogen (secondary N) is 2. The molecule has 0 saturated heterocycles. The van der Waals surface area contributed by atoms with Crippen molar-refractivity contribution in [3.05, 3.63) is 27.8 Å². The fourth-order valence-electron chi connectivity index (χ4n) is 1.38. The van der Waals surface area contributed by atoms with Crippen LogP contribution >= 0.6 is 22.6 Å². The van der Waals surface area contributed by atoms with Gasteiger partial charge >= 0.3 is 5.97 Å². The highest BCUT2D eigenvalue weighted by atomic mass is 127. The molecule has 6 heteroatoms. The molecule has 2 N–H and O–H groups in total. The summed E-state index contributed by atoms with van der Waals surface area (Å²) >= 11 is 2.16. The maximum Gasteiger partial charge on any atom is 0.307 e. The smallest absolute Gasteiger partial charge is 0.307 e. The van der Waals surface area contributed by atoms with Gasteiger partial charge in [-0.15, -0.1) is 0 Å². The van der Waals surface area contributed by atoms with E-state index in [0.717, 1.165) is 9.26 Å². The number of hydrogen-bond acceptors (Lipinski definition) is 4. The molecule has 0 fully saturated rings. The van der Waals surface area contributed by atoms with Crippen molar-refractivity contribution < 1.29 is 14.3 Å². The van der Waals surface area contributed by atoms with Crippen LogP contribution in [-0.2, 0) is 14.3 Å². The third-order valence-corrected chi connectivity index (χ3v) is 3.19. The molecule has 1 aromatic rings. The molecule has 0 atom stereocenters. The number of anilines is 1. The molecule has 0 aromatic heterocycles. The van der Waals surface area contributed by atoms with Gasteiger partial charge < -0.3 is 15.4 Å². The van der Waals surface area contributed by atoms with Crippen molar-refractivity contribution in [3.8, 4) is 0 Å². The van der Waals surface area contributed by atoms with E-state index in [1.54, 1.807) is 6.92 Å². The zero-order valence-electron chi connectivity index (χ0n) is 10.7. The summed E-state index contributed by atoms with van der Waals surface area (Å²) in [6.45, 7) is 2.74. The SMILES string of the molecule is CCOC(=O)CCNCC(=O)Nc1ccccc1I. The second-order valence-electron chi connectivity index (χ2n) is 3.76. The number of benzene rings is 1. The summed E-state index contributed by atoms with van der Waals surface area (Å²) in [4.78, 5) is 22.7. The monoisotopic (exact) mass is 376 g/mol.